The summed E-state index contributed by atoms with van der Waals surface area (Å²) in [6.45, 7) is 3.92. The maximum absolute atomic E-state index is 8.63. The van der Waals surface area contributed by atoms with Crippen LogP contribution in [0.15, 0.2) is 23.2 Å². The highest BCUT2D eigenvalue weighted by Gasteiger charge is 2.05. The summed E-state index contributed by atoms with van der Waals surface area (Å²) in [6.07, 6.45) is 6.93. The van der Waals surface area contributed by atoms with Crippen molar-refractivity contribution in [3.8, 4) is 12.3 Å². The Kier molecular flexibility index (Phi) is 5.66. The van der Waals surface area contributed by atoms with Crippen LogP contribution in [0.25, 0.3) is 6.08 Å². The van der Waals surface area contributed by atoms with E-state index in [0.29, 0.717) is 5.17 Å². The Morgan fingerprint density at radius 1 is 1.32 bits per heavy atom. The number of nitrogens with one attached hydrogen (secondary N) is 1. The van der Waals surface area contributed by atoms with Gasteiger partial charge < -0.3 is 0 Å². The number of aliphatic imine (C=N–C) groups is 1. The zero-order valence-electron chi connectivity index (χ0n) is 11.1. The molecule has 0 amide bonds. The zero-order valence-corrected chi connectivity index (χ0v) is 11.9. The van der Waals surface area contributed by atoms with E-state index in [1.165, 1.54) is 17.8 Å². The number of thioether (sulfide) groups is 1. The molecule has 0 heterocycles. The third-order valence-electron chi connectivity index (χ3n) is 2.43. The van der Waals surface area contributed by atoms with Gasteiger partial charge >= 0.3 is 0 Å². The summed E-state index contributed by atoms with van der Waals surface area (Å²) in [5, 5.41) is 20.3. The number of amidine groups is 1. The molecule has 1 aromatic rings. The van der Waals surface area contributed by atoms with Crippen molar-refractivity contribution >= 4 is 28.7 Å². The molecule has 0 aliphatic carbocycles. The standard InChI is InChI=1S/C14H14N4S/c1-10-7-12(5-4-6-15)8-11(2)13(10)18-14(19-3)17-9-16/h4-5,7-8H,1-3H3,(H,17,18). The van der Waals surface area contributed by atoms with Gasteiger partial charge in [0, 0.05) is 6.08 Å². The molecule has 0 aliphatic heterocycles. The van der Waals surface area contributed by atoms with E-state index in [4.69, 9.17) is 10.5 Å². The predicted octanol–water partition coefficient (Wildman–Crippen LogP) is 3.26. The molecule has 4 nitrogen and oxygen atoms in total. The molecule has 0 unspecified atom stereocenters. The lowest BCUT2D eigenvalue weighted by molar-refractivity contribution is 1.25. The normalized spacial score (nSPS) is 11.1. The van der Waals surface area contributed by atoms with E-state index >= 15 is 0 Å². The van der Waals surface area contributed by atoms with Crippen LogP contribution in [0.2, 0.25) is 0 Å². The van der Waals surface area contributed by atoms with Gasteiger partial charge in [-0.1, -0.05) is 11.8 Å². The van der Waals surface area contributed by atoms with E-state index in [0.717, 1.165) is 22.4 Å². The largest absolute Gasteiger partial charge is 0.271 e. The van der Waals surface area contributed by atoms with Crippen LogP contribution in [-0.2, 0) is 0 Å². The molecule has 0 atom stereocenters. The Bertz CT molecular complexity index is 580. The van der Waals surface area contributed by atoms with Crippen molar-refractivity contribution in [2.45, 2.75) is 13.8 Å². The molecule has 1 N–H and O–H groups in total. The molecule has 19 heavy (non-hydrogen) atoms. The number of hydrogen-bond acceptors (Lipinski definition) is 4. The van der Waals surface area contributed by atoms with Crippen LogP contribution in [0.5, 0.6) is 0 Å². The molecule has 0 fully saturated rings. The average Bonchev–Trinajstić information content (AvgIpc) is 2.39. The molecule has 0 aromatic heterocycles. The number of hydrogen-bond donors (Lipinski definition) is 1. The molecule has 1 aromatic carbocycles. The van der Waals surface area contributed by atoms with Gasteiger partial charge in [0.1, 0.15) is 0 Å². The Hall–Kier alpha value is -2.24. The van der Waals surface area contributed by atoms with Gasteiger partial charge in [-0.25, -0.2) is 4.99 Å². The van der Waals surface area contributed by atoms with Gasteiger partial charge in [-0.15, -0.1) is 0 Å². The molecule has 1 rings (SSSR count). The third-order valence-corrected chi connectivity index (χ3v) is 3.01. The quantitative estimate of drug-likeness (QED) is 0.294. The third kappa shape index (κ3) is 4.17. The van der Waals surface area contributed by atoms with E-state index in [2.05, 4.69) is 10.3 Å². The van der Waals surface area contributed by atoms with E-state index in [1.807, 2.05) is 44.5 Å². The molecule has 0 saturated carbocycles. The highest BCUT2D eigenvalue weighted by atomic mass is 32.2. The lowest BCUT2D eigenvalue weighted by Gasteiger charge is -2.08. The summed E-state index contributed by atoms with van der Waals surface area (Å²) in [5.74, 6) is 0. The second-order valence-corrected chi connectivity index (χ2v) is 4.62. The molecule has 0 aliphatic rings. The molecular formula is C14H14N4S. The second-order valence-electron chi connectivity index (χ2n) is 3.82. The van der Waals surface area contributed by atoms with Crippen LogP contribution in [0, 0.1) is 36.6 Å². The first-order chi connectivity index (χ1) is 9.12. The van der Waals surface area contributed by atoms with Crippen molar-refractivity contribution in [2.75, 3.05) is 6.26 Å². The highest BCUT2D eigenvalue weighted by molar-refractivity contribution is 8.13. The summed E-state index contributed by atoms with van der Waals surface area (Å²) in [4.78, 5) is 4.44. The van der Waals surface area contributed by atoms with E-state index in [9.17, 15) is 0 Å². The highest BCUT2D eigenvalue weighted by Crippen LogP contribution is 2.26. The summed E-state index contributed by atoms with van der Waals surface area (Å²) in [7, 11) is 0. The Morgan fingerprint density at radius 3 is 2.42 bits per heavy atom. The number of benzene rings is 1. The maximum atomic E-state index is 8.63. The molecule has 0 saturated heterocycles. The van der Waals surface area contributed by atoms with E-state index in [1.54, 1.807) is 6.08 Å². The summed E-state index contributed by atoms with van der Waals surface area (Å²) in [6, 6.07) is 5.89. The van der Waals surface area contributed by atoms with Gasteiger partial charge in [0.25, 0.3) is 0 Å². The fourth-order valence-corrected chi connectivity index (χ4v) is 2.00. The first kappa shape index (κ1) is 14.8. The lowest BCUT2D eigenvalue weighted by Crippen LogP contribution is -2.12. The number of rotatable bonds is 2. The fraction of sp³-hybridized carbons (Fsp3) is 0.214. The zero-order chi connectivity index (χ0) is 14.3. The first-order valence-corrected chi connectivity index (χ1v) is 6.80. The van der Waals surface area contributed by atoms with Crippen molar-refractivity contribution in [2.24, 2.45) is 4.99 Å². The number of nitrogens with zero attached hydrogens (tertiary/aromatic N) is 3. The van der Waals surface area contributed by atoms with Gasteiger partial charge in [-0.3, -0.25) is 5.32 Å². The van der Waals surface area contributed by atoms with Crippen molar-refractivity contribution in [3.63, 3.8) is 0 Å². The fourth-order valence-electron chi connectivity index (χ4n) is 1.67. The monoisotopic (exact) mass is 270 g/mol. The number of aryl methyl sites for hydroxylation is 2. The van der Waals surface area contributed by atoms with Gasteiger partial charge in [-0.05, 0) is 55.0 Å². The van der Waals surface area contributed by atoms with Crippen molar-refractivity contribution in [1.82, 2.24) is 5.32 Å². The number of nitriles is 2. The minimum Gasteiger partial charge on any atom is -0.271 e. The van der Waals surface area contributed by atoms with Crippen molar-refractivity contribution < 1.29 is 0 Å². The summed E-state index contributed by atoms with van der Waals surface area (Å²) < 4.78 is 0. The topological polar surface area (TPSA) is 72.0 Å². The maximum Gasteiger partial charge on any atom is 0.183 e. The van der Waals surface area contributed by atoms with Crippen LogP contribution >= 0.6 is 11.8 Å². The Labute approximate surface area is 117 Å². The van der Waals surface area contributed by atoms with Gasteiger partial charge in [-0.2, -0.15) is 10.5 Å². The smallest absolute Gasteiger partial charge is 0.183 e. The van der Waals surface area contributed by atoms with Gasteiger partial charge in [0.05, 0.1) is 11.8 Å². The van der Waals surface area contributed by atoms with Crippen LogP contribution < -0.4 is 5.32 Å². The van der Waals surface area contributed by atoms with E-state index in [-0.39, 0.29) is 0 Å². The molecule has 5 heteroatoms. The second kappa shape index (κ2) is 7.25. The Balaban J connectivity index is 3.21. The predicted molar refractivity (Wildman–Crippen MR) is 79.9 cm³/mol. The SMILES string of the molecule is CSC(=Nc1c(C)cc(C=CC#N)cc1C)NC#N. The molecular weight excluding hydrogens is 256 g/mol. The molecule has 0 bridgehead atoms. The van der Waals surface area contributed by atoms with Crippen LogP contribution in [0.4, 0.5) is 5.69 Å². The van der Waals surface area contributed by atoms with Crippen LogP contribution in [0.1, 0.15) is 16.7 Å². The molecule has 0 radical (unpaired) electrons. The minimum absolute atomic E-state index is 0.564. The Morgan fingerprint density at radius 2 is 1.95 bits per heavy atom. The van der Waals surface area contributed by atoms with Crippen LogP contribution in [-0.4, -0.2) is 11.4 Å². The lowest BCUT2D eigenvalue weighted by atomic mass is 10.0. The van der Waals surface area contributed by atoms with Crippen LogP contribution in [0.3, 0.4) is 0 Å². The van der Waals surface area contributed by atoms with Crippen molar-refractivity contribution in [3.05, 3.63) is 34.9 Å². The molecule has 96 valence electrons. The van der Waals surface area contributed by atoms with Gasteiger partial charge in [0.15, 0.2) is 11.4 Å². The van der Waals surface area contributed by atoms with E-state index < -0.39 is 0 Å². The number of allylic oxidation sites excluding steroid dienone is 1. The minimum atomic E-state index is 0.564. The van der Waals surface area contributed by atoms with Gasteiger partial charge in [0.2, 0.25) is 0 Å². The summed E-state index contributed by atoms with van der Waals surface area (Å²) >= 11 is 1.38. The average molecular weight is 270 g/mol. The van der Waals surface area contributed by atoms with Crippen molar-refractivity contribution in [1.29, 1.82) is 10.5 Å². The summed E-state index contributed by atoms with van der Waals surface area (Å²) in [5.41, 5.74) is 3.82. The molecule has 0 spiro atoms. The first-order valence-electron chi connectivity index (χ1n) is 5.57.